The lowest BCUT2D eigenvalue weighted by atomic mass is 9.99. The second-order valence-electron chi connectivity index (χ2n) is 4.38. The van der Waals surface area contributed by atoms with E-state index in [-0.39, 0.29) is 0 Å². The fraction of sp³-hybridized carbons (Fsp3) is 0.500. The zero-order valence-corrected chi connectivity index (χ0v) is 9.39. The van der Waals surface area contributed by atoms with Gasteiger partial charge >= 0.3 is 5.97 Å². The molecule has 4 heteroatoms. The maximum Gasteiger partial charge on any atom is 0.335 e. The zero-order valence-electron chi connectivity index (χ0n) is 9.39. The molecule has 2 rings (SSSR count). The number of carboxylic acids is 1. The number of rotatable bonds is 2. The Hall–Kier alpha value is -1.58. The third-order valence-corrected chi connectivity index (χ3v) is 3.10. The minimum Gasteiger partial charge on any atom is -0.478 e. The number of aromatic carboxylic acids is 1. The summed E-state index contributed by atoms with van der Waals surface area (Å²) in [5.41, 5.74) is 0.309. The van der Waals surface area contributed by atoms with E-state index in [1.807, 2.05) is 0 Å². The maximum absolute atomic E-state index is 10.8. The second-order valence-corrected chi connectivity index (χ2v) is 4.38. The smallest absolute Gasteiger partial charge is 0.335 e. The summed E-state index contributed by atoms with van der Waals surface area (Å²) >= 11 is 0. The predicted octanol–water partition coefficient (Wildman–Crippen LogP) is 2.02. The summed E-state index contributed by atoms with van der Waals surface area (Å²) in [5.74, 6) is 0.653. The van der Waals surface area contributed by atoms with Crippen LogP contribution in [0.15, 0.2) is 18.3 Å². The molecule has 1 N–H and O–H groups in total. The zero-order chi connectivity index (χ0) is 11.5. The summed E-state index contributed by atoms with van der Waals surface area (Å²) in [5, 5.41) is 8.90. The van der Waals surface area contributed by atoms with Crippen molar-refractivity contribution in [3.63, 3.8) is 0 Å². The molecular weight excluding hydrogens is 204 g/mol. The molecule has 4 nitrogen and oxygen atoms in total. The Morgan fingerprint density at radius 3 is 2.81 bits per heavy atom. The molecule has 16 heavy (non-hydrogen) atoms. The topological polar surface area (TPSA) is 53.4 Å². The summed E-state index contributed by atoms with van der Waals surface area (Å²) in [6, 6.07) is 3.18. The molecule has 1 aliphatic heterocycles. The van der Waals surface area contributed by atoms with Crippen molar-refractivity contribution < 1.29 is 9.90 Å². The molecular formula is C12H16N2O2. The quantitative estimate of drug-likeness (QED) is 0.828. The number of nitrogens with zero attached hydrogens (tertiary/aromatic N) is 2. The molecule has 0 bridgehead atoms. The lowest BCUT2D eigenvalue weighted by molar-refractivity contribution is 0.0697. The Kier molecular flexibility index (Phi) is 3.08. The molecule has 1 saturated heterocycles. The van der Waals surface area contributed by atoms with Crippen molar-refractivity contribution in [3.8, 4) is 0 Å². The van der Waals surface area contributed by atoms with E-state index >= 15 is 0 Å². The highest BCUT2D eigenvalue weighted by Gasteiger charge is 2.17. The summed E-state index contributed by atoms with van der Waals surface area (Å²) in [6.07, 6.45) is 3.87. The third kappa shape index (κ3) is 2.32. The van der Waals surface area contributed by atoms with Crippen LogP contribution in [0.3, 0.4) is 0 Å². The first kappa shape index (κ1) is 10.9. The molecule has 0 amide bonds. The number of hydrogen-bond acceptors (Lipinski definition) is 3. The largest absolute Gasteiger partial charge is 0.478 e. The number of hydrogen-bond donors (Lipinski definition) is 1. The van der Waals surface area contributed by atoms with Gasteiger partial charge in [0.1, 0.15) is 5.82 Å². The van der Waals surface area contributed by atoms with Crippen LogP contribution < -0.4 is 4.90 Å². The van der Waals surface area contributed by atoms with Crippen molar-refractivity contribution in [3.05, 3.63) is 23.9 Å². The first-order chi connectivity index (χ1) is 7.66. The van der Waals surface area contributed by atoms with Crippen molar-refractivity contribution in [2.45, 2.75) is 19.8 Å². The Morgan fingerprint density at radius 2 is 2.19 bits per heavy atom. The van der Waals surface area contributed by atoms with Crippen LogP contribution in [-0.4, -0.2) is 29.1 Å². The van der Waals surface area contributed by atoms with Crippen LogP contribution in [0.4, 0.5) is 5.82 Å². The van der Waals surface area contributed by atoms with Crippen LogP contribution >= 0.6 is 0 Å². The number of piperidine rings is 1. The summed E-state index contributed by atoms with van der Waals surface area (Å²) in [7, 11) is 0. The summed E-state index contributed by atoms with van der Waals surface area (Å²) in [4.78, 5) is 17.2. The van der Waals surface area contributed by atoms with Gasteiger partial charge in [0.15, 0.2) is 0 Å². The molecule has 1 aliphatic rings. The molecule has 2 heterocycles. The van der Waals surface area contributed by atoms with Gasteiger partial charge in [-0.3, -0.25) is 0 Å². The molecule has 0 saturated carbocycles. The molecule has 1 aromatic heterocycles. The molecule has 0 unspecified atom stereocenters. The van der Waals surface area contributed by atoms with Gasteiger partial charge in [-0.2, -0.15) is 0 Å². The van der Waals surface area contributed by atoms with Crippen LogP contribution in [0, 0.1) is 5.92 Å². The van der Waals surface area contributed by atoms with E-state index in [0.717, 1.165) is 37.7 Å². The van der Waals surface area contributed by atoms with Gasteiger partial charge in [-0.1, -0.05) is 6.92 Å². The highest BCUT2D eigenvalue weighted by Crippen LogP contribution is 2.21. The fourth-order valence-electron chi connectivity index (χ4n) is 1.96. The van der Waals surface area contributed by atoms with Gasteiger partial charge in [-0.25, -0.2) is 9.78 Å². The van der Waals surface area contributed by atoms with Crippen LogP contribution in [-0.2, 0) is 0 Å². The van der Waals surface area contributed by atoms with E-state index < -0.39 is 5.97 Å². The minimum atomic E-state index is -0.894. The van der Waals surface area contributed by atoms with Gasteiger partial charge in [-0.15, -0.1) is 0 Å². The molecule has 1 fully saturated rings. The second kappa shape index (κ2) is 4.51. The van der Waals surface area contributed by atoms with Crippen LogP contribution in [0.2, 0.25) is 0 Å². The van der Waals surface area contributed by atoms with E-state index in [0.29, 0.717) is 5.56 Å². The lowest BCUT2D eigenvalue weighted by Gasteiger charge is -2.31. The van der Waals surface area contributed by atoms with Gasteiger partial charge in [0.05, 0.1) is 5.56 Å². The Morgan fingerprint density at radius 1 is 1.50 bits per heavy atom. The van der Waals surface area contributed by atoms with E-state index in [2.05, 4.69) is 16.8 Å². The fourth-order valence-corrected chi connectivity index (χ4v) is 1.96. The standard InChI is InChI=1S/C12H16N2O2/c1-9-3-6-14(7-4-9)11-8-10(12(15)16)2-5-13-11/h2,5,8-9H,3-4,6-7H2,1H3,(H,15,16). The Bertz CT molecular complexity index is 384. The van der Waals surface area contributed by atoms with Crippen molar-refractivity contribution in [1.29, 1.82) is 0 Å². The average Bonchev–Trinajstić information content (AvgIpc) is 2.30. The van der Waals surface area contributed by atoms with E-state index in [4.69, 9.17) is 5.11 Å². The van der Waals surface area contributed by atoms with E-state index in [9.17, 15) is 4.79 Å². The van der Waals surface area contributed by atoms with Gasteiger partial charge < -0.3 is 10.0 Å². The third-order valence-electron chi connectivity index (χ3n) is 3.10. The molecule has 0 atom stereocenters. The SMILES string of the molecule is CC1CCN(c2cc(C(=O)O)ccn2)CC1. The van der Waals surface area contributed by atoms with E-state index in [1.54, 1.807) is 12.3 Å². The molecule has 0 radical (unpaired) electrons. The summed E-state index contributed by atoms with van der Waals surface area (Å²) in [6.45, 7) is 4.19. The average molecular weight is 220 g/mol. The van der Waals surface area contributed by atoms with Gasteiger partial charge in [0.25, 0.3) is 0 Å². The van der Waals surface area contributed by atoms with Crippen LogP contribution in [0.5, 0.6) is 0 Å². The summed E-state index contributed by atoms with van der Waals surface area (Å²) < 4.78 is 0. The first-order valence-electron chi connectivity index (χ1n) is 5.61. The minimum absolute atomic E-state index is 0.309. The lowest BCUT2D eigenvalue weighted by Crippen LogP contribution is -2.33. The molecule has 0 aromatic carbocycles. The number of aromatic nitrogens is 1. The first-order valence-corrected chi connectivity index (χ1v) is 5.61. The van der Waals surface area contributed by atoms with Gasteiger partial charge in [0, 0.05) is 19.3 Å². The van der Waals surface area contributed by atoms with Crippen molar-refractivity contribution in [2.24, 2.45) is 5.92 Å². The van der Waals surface area contributed by atoms with Crippen molar-refractivity contribution in [2.75, 3.05) is 18.0 Å². The number of carbonyl (C=O) groups is 1. The highest BCUT2D eigenvalue weighted by molar-refractivity contribution is 5.88. The number of anilines is 1. The molecule has 0 aliphatic carbocycles. The van der Waals surface area contributed by atoms with Gasteiger partial charge in [-0.05, 0) is 30.9 Å². The van der Waals surface area contributed by atoms with Crippen LogP contribution in [0.1, 0.15) is 30.1 Å². The number of pyridine rings is 1. The Balaban J connectivity index is 2.14. The molecule has 1 aromatic rings. The normalized spacial score (nSPS) is 17.4. The predicted molar refractivity (Wildman–Crippen MR) is 61.8 cm³/mol. The Labute approximate surface area is 94.9 Å². The maximum atomic E-state index is 10.8. The molecule has 86 valence electrons. The monoisotopic (exact) mass is 220 g/mol. The van der Waals surface area contributed by atoms with Gasteiger partial charge in [0.2, 0.25) is 0 Å². The van der Waals surface area contributed by atoms with E-state index in [1.165, 1.54) is 6.07 Å². The van der Waals surface area contributed by atoms with Crippen molar-refractivity contribution in [1.82, 2.24) is 4.98 Å². The molecule has 0 spiro atoms. The van der Waals surface area contributed by atoms with Crippen LogP contribution in [0.25, 0.3) is 0 Å². The van der Waals surface area contributed by atoms with Crippen molar-refractivity contribution >= 4 is 11.8 Å². The number of carboxylic acid groups (broad SMARTS) is 1. The highest BCUT2D eigenvalue weighted by atomic mass is 16.4.